The number of aromatic carboxylic acids is 1. The van der Waals surface area contributed by atoms with Crippen LogP contribution in [0, 0.1) is 0 Å². The number of carbonyl (C=O) groups is 3. The van der Waals surface area contributed by atoms with Crippen molar-refractivity contribution in [3.8, 4) is 0 Å². The fourth-order valence-corrected chi connectivity index (χ4v) is 2.01. The first kappa shape index (κ1) is 12.1. The van der Waals surface area contributed by atoms with Crippen molar-refractivity contribution in [1.82, 2.24) is 9.88 Å². The summed E-state index contributed by atoms with van der Waals surface area (Å²) in [5, 5.41) is 8.76. The monoisotopic (exact) mass is 272 g/mol. The van der Waals surface area contributed by atoms with Gasteiger partial charge in [-0.25, -0.2) is 4.79 Å². The number of hydrogen-bond donors (Lipinski definition) is 1. The van der Waals surface area contributed by atoms with Crippen molar-refractivity contribution < 1.29 is 23.9 Å². The molecule has 2 aromatic rings. The lowest BCUT2D eigenvalue weighted by molar-refractivity contribution is 0.0627. The molecule has 0 aromatic carbocycles. The number of carboxylic acid groups (broad SMARTS) is 1. The Labute approximate surface area is 112 Å². The predicted octanol–water partition coefficient (Wildman–Crippen LogP) is 1.17. The van der Waals surface area contributed by atoms with Crippen molar-refractivity contribution >= 4 is 17.8 Å². The van der Waals surface area contributed by atoms with Crippen molar-refractivity contribution in [2.75, 3.05) is 0 Å². The molecule has 2 amide bonds. The molecule has 1 N–H and O–H groups in total. The zero-order valence-electron chi connectivity index (χ0n) is 10.1. The van der Waals surface area contributed by atoms with Gasteiger partial charge in [-0.3, -0.25) is 19.5 Å². The van der Waals surface area contributed by atoms with Gasteiger partial charge in [0.1, 0.15) is 5.76 Å². The van der Waals surface area contributed by atoms with Crippen LogP contribution in [0.2, 0.25) is 0 Å². The van der Waals surface area contributed by atoms with Gasteiger partial charge in [0, 0.05) is 12.4 Å². The average molecular weight is 272 g/mol. The number of carboxylic acids is 1. The topological polar surface area (TPSA) is 101 Å². The number of rotatable bonds is 3. The third kappa shape index (κ3) is 1.76. The van der Waals surface area contributed by atoms with Crippen molar-refractivity contribution in [3.05, 3.63) is 53.2 Å². The SMILES string of the molecule is O=C(O)c1ccc(CN2C(=O)c3ccncc3C2=O)o1. The highest BCUT2D eigenvalue weighted by atomic mass is 16.4. The van der Waals surface area contributed by atoms with E-state index in [1.165, 1.54) is 30.6 Å². The van der Waals surface area contributed by atoms with Crippen molar-refractivity contribution in [2.45, 2.75) is 6.54 Å². The van der Waals surface area contributed by atoms with Crippen LogP contribution in [0.15, 0.2) is 35.0 Å². The number of pyridine rings is 1. The molecule has 7 heteroatoms. The maximum absolute atomic E-state index is 12.1. The number of fused-ring (bicyclic) bond motifs is 1. The molecule has 0 bridgehead atoms. The van der Waals surface area contributed by atoms with Gasteiger partial charge in [0.25, 0.3) is 11.8 Å². The molecule has 1 aliphatic heterocycles. The highest BCUT2D eigenvalue weighted by molar-refractivity contribution is 6.21. The predicted molar refractivity (Wildman–Crippen MR) is 64.1 cm³/mol. The number of carbonyl (C=O) groups excluding carboxylic acids is 2. The van der Waals surface area contributed by atoms with E-state index in [1.54, 1.807) is 0 Å². The van der Waals surface area contributed by atoms with Gasteiger partial charge >= 0.3 is 5.97 Å². The normalized spacial score (nSPS) is 13.7. The van der Waals surface area contributed by atoms with Gasteiger partial charge in [-0.1, -0.05) is 0 Å². The van der Waals surface area contributed by atoms with Gasteiger partial charge in [-0.05, 0) is 18.2 Å². The van der Waals surface area contributed by atoms with E-state index in [0.29, 0.717) is 0 Å². The minimum absolute atomic E-state index is 0.111. The number of aromatic nitrogens is 1. The molecule has 3 heterocycles. The molecule has 7 nitrogen and oxygen atoms in total. The Morgan fingerprint density at radius 2 is 1.95 bits per heavy atom. The van der Waals surface area contributed by atoms with Crippen LogP contribution in [0.4, 0.5) is 0 Å². The van der Waals surface area contributed by atoms with E-state index in [4.69, 9.17) is 9.52 Å². The van der Waals surface area contributed by atoms with Gasteiger partial charge < -0.3 is 9.52 Å². The molecule has 1 aliphatic rings. The van der Waals surface area contributed by atoms with E-state index in [1.807, 2.05) is 0 Å². The summed E-state index contributed by atoms with van der Waals surface area (Å²) in [6.45, 7) is -0.111. The molecule has 0 atom stereocenters. The van der Waals surface area contributed by atoms with Gasteiger partial charge in [0.05, 0.1) is 17.7 Å². The van der Waals surface area contributed by atoms with Gasteiger partial charge in [0.2, 0.25) is 5.76 Å². The third-order valence-corrected chi connectivity index (χ3v) is 2.96. The Balaban J connectivity index is 1.87. The molecule has 20 heavy (non-hydrogen) atoms. The van der Waals surface area contributed by atoms with Gasteiger partial charge in [-0.15, -0.1) is 0 Å². The summed E-state index contributed by atoms with van der Waals surface area (Å²) in [5.41, 5.74) is 0.525. The van der Waals surface area contributed by atoms with Crippen molar-refractivity contribution in [2.24, 2.45) is 0 Å². The lowest BCUT2D eigenvalue weighted by Gasteiger charge is -2.11. The molecule has 100 valence electrons. The van der Waals surface area contributed by atoms with Crippen LogP contribution in [-0.2, 0) is 6.54 Å². The molecule has 0 unspecified atom stereocenters. The van der Waals surface area contributed by atoms with Gasteiger partial charge in [-0.2, -0.15) is 0 Å². The molecule has 0 aliphatic carbocycles. The van der Waals surface area contributed by atoms with Crippen LogP contribution in [0.3, 0.4) is 0 Å². The Morgan fingerprint density at radius 1 is 1.20 bits per heavy atom. The second-order valence-electron chi connectivity index (χ2n) is 4.19. The number of imide groups is 1. The standard InChI is InChI=1S/C13H8N2O5/c16-11-8-3-4-14-5-9(8)12(17)15(11)6-7-1-2-10(20-7)13(18)19/h1-5H,6H2,(H,18,19). The molecular weight excluding hydrogens is 264 g/mol. The zero-order chi connectivity index (χ0) is 14.3. The maximum Gasteiger partial charge on any atom is 0.371 e. The average Bonchev–Trinajstić information content (AvgIpc) is 3.00. The van der Waals surface area contributed by atoms with E-state index in [2.05, 4.69) is 4.98 Å². The first-order valence-corrected chi connectivity index (χ1v) is 5.70. The summed E-state index contributed by atoms with van der Waals surface area (Å²) < 4.78 is 5.04. The van der Waals surface area contributed by atoms with E-state index in [9.17, 15) is 14.4 Å². The van der Waals surface area contributed by atoms with E-state index in [0.717, 1.165) is 4.90 Å². The zero-order valence-corrected chi connectivity index (χ0v) is 10.1. The lowest BCUT2D eigenvalue weighted by atomic mass is 10.2. The molecule has 0 fully saturated rings. The second-order valence-corrected chi connectivity index (χ2v) is 4.19. The van der Waals surface area contributed by atoms with Crippen LogP contribution in [0.5, 0.6) is 0 Å². The summed E-state index contributed by atoms with van der Waals surface area (Å²) in [6.07, 6.45) is 2.77. The second kappa shape index (κ2) is 4.30. The smallest absolute Gasteiger partial charge is 0.371 e. The largest absolute Gasteiger partial charge is 0.475 e. The number of amides is 2. The number of nitrogens with zero attached hydrogens (tertiary/aromatic N) is 2. The molecule has 0 radical (unpaired) electrons. The van der Waals surface area contributed by atoms with Crippen LogP contribution in [-0.4, -0.2) is 32.8 Å². The lowest BCUT2D eigenvalue weighted by Crippen LogP contribution is -2.28. The van der Waals surface area contributed by atoms with Crippen LogP contribution < -0.4 is 0 Å². The van der Waals surface area contributed by atoms with Crippen molar-refractivity contribution in [3.63, 3.8) is 0 Å². The molecule has 0 saturated carbocycles. The van der Waals surface area contributed by atoms with Gasteiger partial charge in [0.15, 0.2) is 0 Å². The van der Waals surface area contributed by atoms with E-state index < -0.39 is 17.8 Å². The number of furan rings is 1. The maximum atomic E-state index is 12.1. The van der Waals surface area contributed by atoms with Crippen LogP contribution in [0.25, 0.3) is 0 Å². The quantitative estimate of drug-likeness (QED) is 0.841. The summed E-state index contributed by atoms with van der Waals surface area (Å²) in [6, 6.07) is 4.17. The Kier molecular flexibility index (Phi) is 2.60. The minimum Gasteiger partial charge on any atom is -0.475 e. The highest BCUT2D eigenvalue weighted by Crippen LogP contribution is 2.24. The fourth-order valence-electron chi connectivity index (χ4n) is 2.01. The summed E-state index contributed by atoms with van der Waals surface area (Å²) in [5.74, 6) is -2.13. The first-order valence-electron chi connectivity index (χ1n) is 5.70. The summed E-state index contributed by atoms with van der Waals surface area (Å²) >= 11 is 0. The third-order valence-electron chi connectivity index (χ3n) is 2.96. The van der Waals surface area contributed by atoms with Crippen molar-refractivity contribution in [1.29, 1.82) is 0 Å². The molecule has 0 spiro atoms. The Bertz CT molecular complexity index is 699. The Hall–Kier alpha value is -2.96. The first-order chi connectivity index (χ1) is 9.58. The van der Waals surface area contributed by atoms with E-state index in [-0.39, 0.29) is 29.2 Å². The van der Waals surface area contributed by atoms with Crippen LogP contribution in [0.1, 0.15) is 37.0 Å². The highest BCUT2D eigenvalue weighted by Gasteiger charge is 2.36. The summed E-state index contributed by atoms with van der Waals surface area (Å²) in [4.78, 5) is 39.6. The minimum atomic E-state index is -1.21. The Morgan fingerprint density at radius 3 is 2.60 bits per heavy atom. The summed E-state index contributed by atoms with van der Waals surface area (Å²) in [7, 11) is 0. The van der Waals surface area contributed by atoms with Crippen LogP contribution >= 0.6 is 0 Å². The van der Waals surface area contributed by atoms with E-state index >= 15 is 0 Å². The molecular formula is C13H8N2O5. The molecule has 0 saturated heterocycles. The molecule has 3 rings (SSSR count). The molecule has 2 aromatic heterocycles. The fraction of sp³-hybridized carbons (Fsp3) is 0.0769. The number of hydrogen-bond acceptors (Lipinski definition) is 5.